The minimum Gasteiger partial charge on any atom is -0.383 e. The summed E-state index contributed by atoms with van der Waals surface area (Å²) in [6, 6.07) is 0.651. The summed E-state index contributed by atoms with van der Waals surface area (Å²) in [5.74, 6) is 2.38. The number of amides is 1. The predicted octanol–water partition coefficient (Wildman–Crippen LogP) is 1.45. The Morgan fingerprint density at radius 1 is 1.35 bits per heavy atom. The van der Waals surface area contributed by atoms with Crippen molar-refractivity contribution < 1.29 is 9.53 Å². The highest BCUT2D eigenvalue weighted by Crippen LogP contribution is 2.44. The number of halogens is 1. The van der Waals surface area contributed by atoms with Crippen molar-refractivity contribution in [3.8, 4) is 0 Å². The van der Waals surface area contributed by atoms with Crippen LogP contribution in [0.15, 0.2) is 4.99 Å². The Balaban J connectivity index is 0.00000264. The van der Waals surface area contributed by atoms with Crippen LogP contribution in [0.25, 0.3) is 0 Å². The van der Waals surface area contributed by atoms with Crippen LogP contribution in [0.1, 0.15) is 32.6 Å². The molecule has 0 aromatic carbocycles. The van der Waals surface area contributed by atoms with Crippen LogP contribution < -0.4 is 10.6 Å². The lowest BCUT2D eigenvalue weighted by atomic mass is 9.95. The molecule has 0 spiro atoms. The lowest BCUT2D eigenvalue weighted by Crippen LogP contribution is -2.49. The van der Waals surface area contributed by atoms with Crippen molar-refractivity contribution in [2.24, 2.45) is 16.8 Å². The molecular weight excluding hydrogens is 407 g/mol. The highest BCUT2D eigenvalue weighted by Gasteiger charge is 2.39. The van der Waals surface area contributed by atoms with Gasteiger partial charge in [-0.25, -0.2) is 4.99 Å². The van der Waals surface area contributed by atoms with Crippen molar-refractivity contribution in [3.05, 3.63) is 0 Å². The molecule has 4 unspecified atom stereocenters. The van der Waals surface area contributed by atoms with Crippen molar-refractivity contribution >= 4 is 35.8 Å². The number of hydrogen-bond acceptors (Lipinski definition) is 3. The van der Waals surface area contributed by atoms with Crippen LogP contribution in [0.5, 0.6) is 0 Å². The van der Waals surface area contributed by atoms with Gasteiger partial charge in [-0.3, -0.25) is 4.79 Å². The largest absolute Gasteiger partial charge is 0.383 e. The van der Waals surface area contributed by atoms with E-state index >= 15 is 0 Å². The quantitative estimate of drug-likeness (QED) is 0.375. The van der Waals surface area contributed by atoms with Gasteiger partial charge in [0.2, 0.25) is 5.91 Å². The fourth-order valence-electron chi connectivity index (χ4n) is 3.54. The molecule has 0 saturated heterocycles. The zero-order chi connectivity index (χ0) is 16.1. The van der Waals surface area contributed by atoms with E-state index in [1.807, 2.05) is 0 Å². The van der Waals surface area contributed by atoms with Crippen LogP contribution in [0.4, 0.5) is 0 Å². The number of hydrogen-bond donors (Lipinski definition) is 2. The molecule has 23 heavy (non-hydrogen) atoms. The van der Waals surface area contributed by atoms with Gasteiger partial charge in [-0.05, 0) is 38.0 Å². The van der Waals surface area contributed by atoms with Crippen molar-refractivity contribution in [2.45, 2.75) is 44.7 Å². The maximum Gasteiger partial charge on any atom is 0.243 e. The first-order chi connectivity index (χ1) is 10.5. The normalized spacial score (nSPS) is 27.3. The summed E-state index contributed by atoms with van der Waals surface area (Å²) in [5, 5.41) is 6.89. The summed E-state index contributed by atoms with van der Waals surface area (Å²) in [6.07, 6.45) is 5.27. The van der Waals surface area contributed by atoms with E-state index in [0.717, 1.165) is 17.8 Å². The predicted molar refractivity (Wildman–Crippen MR) is 103 cm³/mol. The molecule has 2 saturated carbocycles. The number of aliphatic imine (C=N–C) groups is 1. The van der Waals surface area contributed by atoms with Crippen molar-refractivity contribution in [1.29, 1.82) is 0 Å². The third-order valence-corrected chi connectivity index (χ3v) is 4.73. The third-order valence-electron chi connectivity index (χ3n) is 4.73. The molecule has 6 nitrogen and oxygen atoms in total. The molecule has 0 radical (unpaired) electrons. The van der Waals surface area contributed by atoms with Crippen LogP contribution in [-0.4, -0.2) is 63.2 Å². The minimum atomic E-state index is 0. The van der Waals surface area contributed by atoms with Gasteiger partial charge in [0.15, 0.2) is 5.96 Å². The maximum atomic E-state index is 11.8. The summed E-state index contributed by atoms with van der Waals surface area (Å²) in [6.45, 7) is 2.83. The van der Waals surface area contributed by atoms with E-state index in [0.29, 0.717) is 12.6 Å². The first-order valence-corrected chi connectivity index (χ1v) is 8.26. The summed E-state index contributed by atoms with van der Waals surface area (Å²) >= 11 is 0. The Labute approximate surface area is 156 Å². The Kier molecular flexibility index (Phi) is 8.60. The first kappa shape index (κ1) is 20.5. The molecule has 4 atom stereocenters. The SMILES string of the molecule is COCC(C)NC(=NCC(=O)N(C)C)NC1CC2CCC1C2.I. The second-order valence-electron chi connectivity index (χ2n) is 6.88. The number of guanidine groups is 1. The smallest absolute Gasteiger partial charge is 0.243 e. The van der Waals surface area contributed by atoms with Gasteiger partial charge < -0.3 is 20.3 Å². The highest BCUT2D eigenvalue weighted by atomic mass is 127. The van der Waals surface area contributed by atoms with Crippen LogP contribution in [-0.2, 0) is 9.53 Å². The maximum absolute atomic E-state index is 11.8. The van der Waals surface area contributed by atoms with Crippen LogP contribution >= 0.6 is 24.0 Å². The second-order valence-corrected chi connectivity index (χ2v) is 6.88. The number of nitrogens with zero attached hydrogens (tertiary/aromatic N) is 2. The number of carbonyl (C=O) groups is 1. The topological polar surface area (TPSA) is 66.0 Å². The highest BCUT2D eigenvalue weighted by molar-refractivity contribution is 14.0. The molecule has 2 bridgehead atoms. The van der Waals surface area contributed by atoms with Gasteiger partial charge in [0.1, 0.15) is 6.54 Å². The van der Waals surface area contributed by atoms with Crippen LogP contribution in [0.3, 0.4) is 0 Å². The molecule has 134 valence electrons. The van der Waals surface area contributed by atoms with Gasteiger partial charge in [-0.2, -0.15) is 0 Å². The number of ether oxygens (including phenoxy) is 1. The van der Waals surface area contributed by atoms with Crippen LogP contribution in [0, 0.1) is 11.8 Å². The van der Waals surface area contributed by atoms with Crippen molar-refractivity contribution in [3.63, 3.8) is 0 Å². The molecule has 1 amide bonds. The molecule has 0 heterocycles. The summed E-state index contributed by atoms with van der Waals surface area (Å²) in [4.78, 5) is 17.8. The Morgan fingerprint density at radius 3 is 2.61 bits per heavy atom. The van der Waals surface area contributed by atoms with Gasteiger partial charge in [0, 0.05) is 33.3 Å². The first-order valence-electron chi connectivity index (χ1n) is 8.26. The zero-order valence-electron chi connectivity index (χ0n) is 14.7. The molecule has 2 aliphatic carbocycles. The fourth-order valence-corrected chi connectivity index (χ4v) is 3.54. The average Bonchev–Trinajstić information content (AvgIpc) is 3.06. The molecule has 2 rings (SSSR count). The molecule has 2 N–H and O–H groups in total. The fraction of sp³-hybridized carbons (Fsp3) is 0.875. The molecule has 0 aliphatic heterocycles. The summed E-state index contributed by atoms with van der Waals surface area (Å²) < 4.78 is 5.17. The standard InChI is InChI=1S/C16H30N4O2.HI/c1-11(10-22-4)18-16(17-9-15(21)20(2)3)19-14-8-12-5-6-13(14)7-12;/h11-14H,5-10H2,1-4H3,(H2,17,18,19);1H. The van der Waals surface area contributed by atoms with E-state index in [2.05, 4.69) is 22.5 Å². The number of nitrogens with one attached hydrogen (secondary N) is 2. The Bertz CT molecular complexity index is 417. The van der Waals surface area contributed by atoms with Gasteiger partial charge >= 0.3 is 0 Å². The van der Waals surface area contributed by atoms with E-state index in [1.54, 1.807) is 26.1 Å². The van der Waals surface area contributed by atoms with E-state index in [-0.39, 0.29) is 42.5 Å². The van der Waals surface area contributed by atoms with Gasteiger partial charge in [0.05, 0.1) is 6.61 Å². The van der Waals surface area contributed by atoms with Gasteiger partial charge in [0.25, 0.3) is 0 Å². The molecule has 0 aromatic rings. The number of carbonyl (C=O) groups excluding carboxylic acids is 1. The van der Waals surface area contributed by atoms with E-state index in [9.17, 15) is 4.79 Å². The number of rotatable bonds is 6. The lowest BCUT2D eigenvalue weighted by Gasteiger charge is -2.26. The van der Waals surface area contributed by atoms with E-state index < -0.39 is 0 Å². The molecule has 2 aliphatic rings. The Morgan fingerprint density at radius 2 is 2.09 bits per heavy atom. The Hall–Kier alpha value is -0.570. The molecule has 0 aromatic heterocycles. The lowest BCUT2D eigenvalue weighted by molar-refractivity contribution is -0.127. The van der Waals surface area contributed by atoms with E-state index in [1.165, 1.54) is 25.7 Å². The number of fused-ring (bicyclic) bond motifs is 2. The van der Waals surface area contributed by atoms with Crippen molar-refractivity contribution in [2.75, 3.05) is 34.4 Å². The second kappa shape index (κ2) is 9.66. The van der Waals surface area contributed by atoms with Crippen LogP contribution in [0.2, 0.25) is 0 Å². The molecular formula is C16H31IN4O2. The van der Waals surface area contributed by atoms with Crippen molar-refractivity contribution in [1.82, 2.24) is 15.5 Å². The zero-order valence-corrected chi connectivity index (χ0v) is 17.0. The summed E-state index contributed by atoms with van der Waals surface area (Å²) in [7, 11) is 5.19. The third kappa shape index (κ3) is 6.10. The molecule has 2 fully saturated rings. The van der Waals surface area contributed by atoms with Gasteiger partial charge in [-0.1, -0.05) is 6.42 Å². The average molecular weight is 438 g/mol. The summed E-state index contributed by atoms with van der Waals surface area (Å²) in [5.41, 5.74) is 0. The van der Waals surface area contributed by atoms with E-state index in [4.69, 9.17) is 4.74 Å². The molecule has 7 heteroatoms. The monoisotopic (exact) mass is 438 g/mol. The number of methoxy groups -OCH3 is 1. The minimum absolute atomic E-state index is 0. The number of likely N-dealkylation sites (N-methyl/N-ethyl adjacent to an activating group) is 1. The van der Waals surface area contributed by atoms with Gasteiger partial charge in [-0.15, -0.1) is 24.0 Å².